The molecule has 0 radical (unpaired) electrons. The number of para-hydroxylation sites is 1. The molecule has 1 unspecified atom stereocenters. The molecule has 1 amide bonds. The zero-order chi connectivity index (χ0) is 25.6. The summed E-state index contributed by atoms with van der Waals surface area (Å²) in [4.78, 5) is 20.0. The SMILES string of the molecule is COc1ccc(-c2noc(CN3CCCC(C(=O)Nc4ccccc4-c4ccccc4)C3)n2)cc1OC. The van der Waals surface area contributed by atoms with Gasteiger partial charge in [-0.15, -0.1) is 0 Å². The van der Waals surface area contributed by atoms with E-state index in [0.717, 1.165) is 41.8 Å². The summed E-state index contributed by atoms with van der Waals surface area (Å²) in [5, 5.41) is 7.31. The Kier molecular flexibility index (Phi) is 7.46. The van der Waals surface area contributed by atoms with Gasteiger partial charge in [0.25, 0.3) is 0 Å². The number of hydrogen-bond donors (Lipinski definition) is 1. The largest absolute Gasteiger partial charge is 0.493 e. The number of nitrogens with one attached hydrogen (secondary N) is 1. The van der Waals surface area contributed by atoms with E-state index in [1.807, 2.05) is 72.8 Å². The summed E-state index contributed by atoms with van der Waals surface area (Å²) in [6.07, 6.45) is 1.77. The number of rotatable bonds is 8. The highest BCUT2D eigenvalue weighted by atomic mass is 16.5. The van der Waals surface area contributed by atoms with E-state index < -0.39 is 0 Å². The Bertz CT molecular complexity index is 1360. The quantitative estimate of drug-likeness (QED) is 0.354. The van der Waals surface area contributed by atoms with Crippen molar-refractivity contribution in [1.29, 1.82) is 0 Å². The van der Waals surface area contributed by atoms with Crippen LogP contribution in [0.1, 0.15) is 18.7 Å². The first kappa shape index (κ1) is 24.5. The smallest absolute Gasteiger partial charge is 0.241 e. The first-order valence-corrected chi connectivity index (χ1v) is 12.4. The Morgan fingerprint density at radius 2 is 1.78 bits per heavy atom. The Balaban J connectivity index is 1.23. The zero-order valence-electron chi connectivity index (χ0n) is 21.0. The van der Waals surface area contributed by atoms with Crippen molar-refractivity contribution in [3.05, 3.63) is 78.7 Å². The predicted molar refractivity (Wildman–Crippen MR) is 141 cm³/mol. The van der Waals surface area contributed by atoms with Gasteiger partial charge < -0.3 is 19.3 Å². The highest BCUT2D eigenvalue weighted by Crippen LogP contribution is 2.32. The molecule has 1 aliphatic rings. The zero-order valence-corrected chi connectivity index (χ0v) is 21.0. The minimum Gasteiger partial charge on any atom is -0.493 e. The molecule has 0 saturated carbocycles. The molecule has 8 nitrogen and oxygen atoms in total. The number of benzene rings is 3. The van der Waals surface area contributed by atoms with E-state index in [1.165, 1.54) is 0 Å². The van der Waals surface area contributed by atoms with Crippen molar-refractivity contribution in [3.8, 4) is 34.0 Å². The molecule has 0 bridgehead atoms. The molecule has 5 rings (SSSR count). The summed E-state index contributed by atoms with van der Waals surface area (Å²) < 4.78 is 16.2. The molecule has 0 aliphatic carbocycles. The molecule has 8 heteroatoms. The maximum atomic E-state index is 13.2. The van der Waals surface area contributed by atoms with E-state index >= 15 is 0 Å². The summed E-state index contributed by atoms with van der Waals surface area (Å²) in [7, 11) is 3.19. The van der Waals surface area contributed by atoms with Crippen LogP contribution in [0, 0.1) is 5.92 Å². The van der Waals surface area contributed by atoms with Crippen molar-refractivity contribution in [1.82, 2.24) is 15.0 Å². The second-order valence-electron chi connectivity index (χ2n) is 9.06. The van der Waals surface area contributed by atoms with Crippen molar-refractivity contribution in [2.45, 2.75) is 19.4 Å². The Hall–Kier alpha value is -4.17. The molecule has 37 heavy (non-hydrogen) atoms. The molecule has 3 aromatic carbocycles. The number of carbonyl (C=O) groups excluding carboxylic acids is 1. The molecule has 190 valence electrons. The van der Waals surface area contributed by atoms with E-state index in [2.05, 4.69) is 20.4 Å². The average molecular weight is 499 g/mol. The van der Waals surface area contributed by atoms with Crippen LogP contribution in [0.15, 0.2) is 77.3 Å². The molecule has 1 saturated heterocycles. The highest BCUT2D eigenvalue weighted by molar-refractivity contribution is 5.97. The van der Waals surface area contributed by atoms with E-state index in [-0.39, 0.29) is 11.8 Å². The fourth-order valence-electron chi connectivity index (χ4n) is 4.71. The third-order valence-corrected chi connectivity index (χ3v) is 6.61. The van der Waals surface area contributed by atoms with Crippen LogP contribution >= 0.6 is 0 Å². The van der Waals surface area contributed by atoms with Crippen LogP contribution in [0.3, 0.4) is 0 Å². The van der Waals surface area contributed by atoms with Crippen molar-refractivity contribution in [2.75, 3.05) is 32.6 Å². The molecule has 1 fully saturated rings. The van der Waals surface area contributed by atoms with Crippen molar-refractivity contribution in [3.63, 3.8) is 0 Å². The van der Waals surface area contributed by atoms with Gasteiger partial charge in [0.15, 0.2) is 11.5 Å². The van der Waals surface area contributed by atoms with E-state index in [4.69, 9.17) is 14.0 Å². The molecule has 1 aromatic heterocycles. The summed E-state index contributed by atoms with van der Waals surface area (Å²) in [6, 6.07) is 23.5. The normalized spacial score (nSPS) is 15.8. The van der Waals surface area contributed by atoms with Gasteiger partial charge in [-0.3, -0.25) is 9.69 Å². The maximum absolute atomic E-state index is 13.2. The Morgan fingerprint density at radius 3 is 2.59 bits per heavy atom. The lowest BCUT2D eigenvalue weighted by molar-refractivity contribution is -0.121. The monoisotopic (exact) mass is 498 g/mol. The molecule has 2 heterocycles. The van der Waals surface area contributed by atoms with Crippen molar-refractivity contribution < 1.29 is 18.8 Å². The maximum Gasteiger partial charge on any atom is 0.241 e. The van der Waals surface area contributed by atoms with Crippen LogP contribution in [0.4, 0.5) is 5.69 Å². The Morgan fingerprint density at radius 1 is 1.00 bits per heavy atom. The number of hydrogen-bond acceptors (Lipinski definition) is 7. The molecular weight excluding hydrogens is 468 g/mol. The molecule has 0 spiro atoms. The summed E-state index contributed by atoms with van der Waals surface area (Å²) in [5.74, 6) is 2.15. The van der Waals surface area contributed by atoms with Gasteiger partial charge >= 0.3 is 0 Å². The number of methoxy groups -OCH3 is 2. The van der Waals surface area contributed by atoms with Gasteiger partial charge in [-0.25, -0.2) is 0 Å². The van der Waals surface area contributed by atoms with Gasteiger partial charge in [0.2, 0.25) is 17.6 Å². The standard InChI is InChI=1S/C29H30N4O4/c1-35-25-15-14-21(17-26(25)36-2)28-31-27(37-32-28)19-33-16-8-11-22(18-33)29(34)30-24-13-7-6-12-23(24)20-9-4-3-5-10-20/h3-7,9-10,12-15,17,22H,8,11,16,18-19H2,1-2H3,(H,30,34). The lowest BCUT2D eigenvalue weighted by Gasteiger charge is -2.31. The van der Waals surface area contributed by atoms with Gasteiger partial charge in [-0.1, -0.05) is 53.7 Å². The molecule has 4 aromatic rings. The second-order valence-corrected chi connectivity index (χ2v) is 9.06. The fourth-order valence-corrected chi connectivity index (χ4v) is 4.71. The van der Waals surface area contributed by atoms with Crippen molar-refractivity contribution in [2.24, 2.45) is 5.92 Å². The number of anilines is 1. The number of carbonyl (C=O) groups is 1. The third-order valence-electron chi connectivity index (χ3n) is 6.61. The van der Waals surface area contributed by atoms with Gasteiger partial charge in [0, 0.05) is 23.4 Å². The van der Waals surface area contributed by atoms with Crippen molar-refractivity contribution >= 4 is 11.6 Å². The van der Waals surface area contributed by atoms with E-state index in [0.29, 0.717) is 36.3 Å². The van der Waals surface area contributed by atoms with Gasteiger partial charge in [-0.2, -0.15) is 4.98 Å². The predicted octanol–water partition coefficient (Wildman–Crippen LogP) is 5.27. The van der Waals surface area contributed by atoms with E-state index in [1.54, 1.807) is 14.2 Å². The lowest BCUT2D eigenvalue weighted by Crippen LogP contribution is -2.40. The first-order valence-electron chi connectivity index (χ1n) is 12.4. The first-order chi connectivity index (χ1) is 18.1. The minimum absolute atomic E-state index is 0.0321. The second kappa shape index (κ2) is 11.3. The highest BCUT2D eigenvalue weighted by Gasteiger charge is 2.27. The van der Waals surface area contributed by atoms with Crippen LogP contribution in [0.25, 0.3) is 22.5 Å². The summed E-state index contributed by atoms with van der Waals surface area (Å²) >= 11 is 0. The number of ether oxygens (including phenoxy) is 2. The van der Waals surface area contributed by atoms with Gasteiger partial charge in [0.1, 0.15) is 0 Å². The number of piperidine rings is 1. The van der Waals surface area contributed by atoms with Crippen LogP contribution in [-0.4, -0.2) is 48.3 Å². The Labute approximate surface area is 216 Å². The van der Waals surface area contributed by atoms with Gasteiger partial charge in [0.05, 0.1) is 26.7 Å². The van der Waals surface area contributed by atoms with Crippen LogP contribution in [0.5, 0.6) is 11.5 Å². The van der Waals surface area contributed by atoms with Crippen LogP contribution in [0.2, 0.25) is 0 Å². The number of likely N-dealkylation sites (tertiary alicyclic amines) is 1. The minimum atomic E-state index is -0.120. The fraction of sp³-hybridized carbons (Fsp3) is 0.276. The number of amides is 1. The average Bonchev–Trinajstić information content (AvgIpc) is 3.42. The third kappa shape index (κ3) is 5.65. The topological polar surface area (TPSA) is 89.7 Å². The summed E-state index contributed by atoms with van der Waals surface area (Å²) in [5.41, 5.74) is 3.69. The number of aromatic nitrogens is 2. The van der Waals surface area contributed by atoms with Crippen LogP contribution in [-0.2, 0) is 11.3 Å². The molecular formula is C29H30N4O4. The summed E-state index contributed by atoms with van der Waals surface area (Å²) in [6.45, 7) is 2.00. The number of nitrogens with zero attached hydrogens (tertiary/aromatic N) is 3. The molecule has 1 N–H and O–H groups in total. The molecule has 1 atom stereocenters. The van der Waals surface area contributed by atoms with E-state index in [9.17, 15) is 4.79 Å². The van der Waals surface area contributed by atoms with Gasteiger partial charge in [-0.05, 0) is 49.2 Å². The lowest BCUT2D eigenvalue weighted by atomic mass is 9.96. The van der Waals surface area contributed by atoms with Crippen LogP contribution < -0.4 is 14.8 Å². The molecule has 1 aliphatic heterocycles.